The van der Waals surface area contributed by atoms with Crippen LogP contribution in [-0.4, -0.2) is 23.2 Å². The Kier molecular flexibility index (Phi) is 6.31. The standard InChI is InChI=1S/C29H23Br2N3S/c1-18-2-6-20(7-3-18)26-17-35-29-33-27-22(14-19-4-10-23(30)11-5-19)15-32-16-25(27)28(34(26)29)21-8-12-24(31)13-9-21/h2-14,17,28,32H,15-16H2,1H3/b22-14-. The number of fused-ring (bicyclic) bond motifs is 1. The fourth-order valence-electron chi connectivity index (χ4n) is 4.79. The summed E-state index contributed by atoms with van der Waals surface area (Å²) < 4.78 is 2.17. The minimum Gasteiger partial charge on any atom is -0.309 e. The lowest BCUT2D eigenvalue weighted by Gasteiger charge is -2.40. The summed E-state index contributed by atoms with van der Waals surface area (Å²) in [5.74, 6) is 0. The molecular formula is C29H23Br2N3S. The summed E-state index contributed by atoms with van der Waals surface area (Å²) in [7, 11) is 0. The quantitative estimate of drug-likeness (QED) is 0.329. The number of halogens is 2. The van der Waals surface area contributed by atoms with Gasteiger partial charge < -0.3 is 10.2 Å². The Morgan fingerprint density at radius 1 is 0.914 bits per heavy atom. The van der Waals surface area contributed by atoms with Crippen molar-refractivity contribution in [2.24, 2.45) is 4.99 Å². The Balaban J connectivity index is 1.48. The second-order valence-electron chi connectivity index (χ2n) is 8.90. The van der Waals surface area contributed by atoms with Crippen LogP contribution in [0.3, 0.4) is 0 Å². The van der Waals surface area contributed by atoms with Crippen molar-refractivity contribution in [3.8, 4) is 0 Å². The molecule has 1 unspecified atom stereocenters. The van der Waals surface area contributed by atoms with Gasteiger partial charge in [0.25, 0.3) is 0 Å². The predicted molar refractivity (Wildman–Crippen MR) is 155 cm³/mol. The molecule has 3 aliphatic rings. The zero-order chi connectivity index (χ0) is 23.9. The molecule has 0 amide bonds. The molecule has 174 valence electrons. The topological polar surface area (TPSA) is 27.6 Å². The summed E-state index contributed by atoms with van der Waals surface area (Å²) in [6, 6.07) is 26.0. The average Bonchev–Trinajstić information content (AvgIpc) is 3.29. The summed E-state index contributed by atoms with van der Waals surface area (Å²) in [6.45, 7) is 3.75. The molecule has 3 aromatic rings. The zero-order valence-electron chi connectivity index (χ0n) is 19.1. The van der Waals surface area contributed by atoms with Gasteiger partial charge in [0.15, 0.2) is 5.17 Å². The number of aryl methyl sites for hydroxylation is 1. The lowest BCUT2D eigenvalue weighted by molar-refractivity contribution is 0.462. The molecule has 1 atom stereocenters. The minimum atomic E-state index is 0.0780. The highest BCUT2D eigenvalue weighted by atomic mass is 79.9. The number of rotatable bonds is 3. The molecule has 0 aliphatic carbocycles. The molecule has 0 radical (unpaired) electrons. The normalized spacial score (nSPS) is 20.5. The summed E-state index contributed by atoms with van der Waals surface area (Å²) in [5.41, 5.74) is 9.79. The third kappa shape index (κ3) is 4.49. The van der Waals surface area contributed by atoms with Crippen LogP contribution in [0.15, 0.2) is 109 Å². The fraction of sp³-hybridized carbons (Fsp3) is 0.138. The Labute approximate surface area is 227 Å². The Hall–Kier alpha value is -2.38. The van der Waals surface area contributed by atoms with E-state index in [2.05, 4.69) is 133 Å². The number of amidine groups is 1. The van der Waals surface area contributed by atoms with E-state index in [0.29, 0.717) is 0 Å². The van der Waals surface area contributed by atoms with Crippen molar-refractivity contribution < 1.29 is 0 Å². The van der Waals surface area contributed by atoms with Gasteiger partial charge in [-0.05, 0) is 65.1 Å². The van der Waals surface area contributed by atoms with Gasteiger partial charge in [0.05, 0.1) is 17.4 Å². The van der Waals surface area contributed by atoms with Crippen LogP contribution >= 0.6 is 43.6 Å². The summed E-state index contributed by atoms with van der Waals surface area (Å²) in [5, 5.41) is 6.94. The van der Waals surface area contributed by atoms with Crippen LogP contribution in [0.25, 0.3) is 11.8 Å². The third-order valence-electron chi connectivity index (χ3n) is 6.52. The van der Waals surface area contributed by atoms with Crippen LogP contribution in [0, 0.1) is 6.92 Å². The maximum atomic E-state index is 5.25. The van der Waals surface area contributed by atoms with E-state index in [1.807, 2.05) is 0 Å². The molecule has 0 fully saturated rings. The van der Waals surface area contributed by atoms with Gasteiger partial charge in [-0.15, -0.1) is 0 Å². The predicted octanol–water partition coefficient (Wildman–Crippen LogP) is 7.92. The van der Waals surface area contributed by atoms with Gasteiger partial charge in [-0.1, -0.05) is 97.7 Å². The molecular weight excluding hydrogens is 582 g/mol. The van der Waals surface area contributed by atoms with Crippen LogP contribution in [0.5, 0.6) is 0 Å². The highest BCUT2D eigenvalue weighted by molar-refractivity contribution is 9.10. The van der Waals surface area contributed by atoms with Gasteiger partial charge in [-0.3, -0.25) is 0 Å². The molecule has 6 heteroatoms. The molecule has 0 spiro atoms. The summed E-state index contributed by atoms with van der Waals surface area (Å²) in [6.07, 6.45) is 2.26. The van der Waals surface area contributed by atoms with E-state index in [1.165, 1.54) is 39.1 Å². The van der Waals surface area contributed by atoms with Crippen LogP contribution in [0.2, 0.25) is 0 Å². The molecule has 0 saturated heterocycles. The Bertz CT molecular complexity index is 1400. The van der Waals surface area contributed by atoms with Crippen LogP contribution < -0.4 is 5.32 Å². The molecule has 3 aromatic carbocycles. The number of hydrogen-bond acceptors (Lipinski definition) is 4. The second-order valence-corrected chi connectivity index (χ2v) is 11.6. The van der Waals surface area contributed by atoms with Gasteiger partial charge in [0.1, 0.15) is 0 Å². The first-order valence-corrected chi connectivity index (χ1v) is 14.0. The van der Waals surface area contributed by atoms with Gasteiger partial charge in [-0.25, -0.2) is 4.99 Å². The van der Waals surface area contributed by atoms with E-state index >= 15 is 0 Å². The van der Waals surface area contributed by atoms with E-state index in [0.717, 1.165) is 32.9 Å². The zero-order valence-corrected chi connectivity index (χ0v) is 23.1. The molecule has 35 heavy (non-hydrogen) atoms. The molecule has 0 saturated carbocycles. The van der Waals surface area contributed by atoms with E-state index < -0.39 is 0 Å². The first kappa shape index (κ1) is 23.0. The van der Waals surface area contributed by atoms with Crippen molar-refractivity contribution in [3.63, 3.8) is 0 Å². The highest BCUT2D eigenvalue weighted by Gasteiger charge is 2.40. The minimum absolute atomic E-state index is 0.0780. The second kappa shape index (κ2) is 9.58. The first-order valence-electron chi connectivity index (χ1n) is 11.5. The van der Waals surface area contributed by atoms with Crippen molar-refractivity contribution in [2.45, 2.75) is 13.0 Å². The van der Waals surface area contributed by atoms with Crippen molar-refractivity contribution in [1.82, 2.24) is 10.2 Å². The molecule has 1 N–H and O–H groups in total. The number of aliphatic imine (C=N–C) groups is 1. The SMILES string of the molecule is Cc1ccc(C2=CSC3=NC4=C(CNC/C4=C/c4ccc(Br)cc4)C(c4ccc(Br)cc4)N23)cc1. The maximum absolute atomic E-state index is 5.25. The van der Waals surface area contributed by atoms with Crippen molar-refractivity contribution in [2.75, 3.05) is 13.1 Å². The number of hydrogen-bond donors (Lipinski definition) is 1. The molecule has 3 heterocycles. The number of thioether (sulfide) groups is 1. The fourth-order valence-corrected chi connectivity index (χ4v) is 6.24. The monoisotopic (exact) mass is 603 g/mol. The van der Waals surface area contributed by atoms with Gasteiger partial charge in [0, 0.05) is 27.4 Å². The lowest BCUT2D eigenvalue weighted by Crippen LogP contribution is -2.40. The largest absolute Gasteiger partial charge is 0.309 e. The average molecular weight is 605 g/mol. The Morgan fingerprint density at radius 2 is 1.60 bits per heavy atom. The van der Waals surface area contributed by atoms with Crippen LogP contribution in [-0.2, 0) is 0 Å². The number of nitrogens with zero attached hydrogens (tertiary/aromatic N) is 2. The van der Waals surface area contributed by atoms with E-state index in [4.69, 9.17) is 4.99 Å². The summed E-state index contributed by atoms with van der Waals surface area (Å²) in [4.78, 5) is 7.67. The van der Waals surface area contributed by atoms with Crippen LogP contribution in [0.4, 0.5) is 0 Å². The van der Waals surface area contributed by atoms with Gasteiger partial charge >= 0.3 is 0 Å². The molecule has 0 bridgehead atoms. The van der Waals surface area contributed by atoms with Crippen LogP contribution in [0.1, 0.15) is 28.3 Å². The molecule has 0 aromatic heterocycles. The maximum Gasteiger partial charge on any atom is 0.174 e. The lowest BCUT2D eigenvalue weighted by atomic mass is 9.88. The van der Waals surface area contributed by atoms with Gasteiger partial charge in [0.2, 0.25) is 0 Å². The van der Waals surface area contributed by atoms with Gasteiger partial charge in [-0.2, -0.15) is 0 Å². The van der Waals surface area contributed by atoms with Crippen molar-refractivity contribution in [3.05, 3.63) is 126 Å². The van der Waals surface area contributed by atoms with E-state index in [9.17, 15) is 0 Å². The smallest absolute Gasteiger partial charge is 0.174 e. The molecule has 6 rings (SSSR count). The molecule has 3 nitrogen and oxygen atoms in total. The Morgan fingerprint density at radius 3 is 2.31 bits per heavy atom. The third-order valence-corrected chi connectivity index (χ3v) is 8.42. The van der Waals surface area contributed by atoms with Crippen molar-refractivity contribution >= 4 is 60.6 Å². The highest BCUT2D eigenvalue weighted by Crippen LogP contribution is 2.48. The molecule has 3 aliphatic heterocycles. The van der Waals surface area contributed by atoms with Crippen molar-refractivity contribution in [1.29, 1.82) is 0 Å². The van der Waals surface area contributed by atoms with E-state index in [1.54, 1.807) is 11.8 Å². The number of nitrogens with one attached hydrogen (secondary N) is 1. The number of benzene rings is 3. The first-order chi connectivity index (χ1) is 17.1. The van der Waals surface area contributed by atoms with E-state index in [-0.39, 0.29) is 6.04 Å². The summed E-state index contributed by atoms with van der Waals surface area (Å²) >= 11 is 8.87.